The van der Waals surface area contributed by atoms with Gasteiger partial charge in [0.1, 0.15) is 0 Å². The van der Waals surface area contributed by atoms with Crippen LogP contribution in [0.3, 0.4) is 0 Å². The maximum atomic E-state index is 10.5. The fourth-order valence-electron chi connectivity index (χ4n) is 2.63. The largest absolute Gasteiger partial charge is 0.480 e. The summed E-state index contributed by atoms with van der Waals surface area (Å²) in [4.78, 5) is 10.5. The maximum Gasteiger partial charge on any atom is 0.317 e. The molecule has 2 atom stereocenters. The Morgan fingerprint density at radius 1 is 1.33 bits per heavy atom. The molecule has 2 unspecified atom stereocenters. The van der Waals surface area contributed by atoms with Crippen molar-refractivity contribution < 1.29 is 9.90 Å². The standard InChI is InChI=1S/C12H23NO2/c1-12(2,3)9-6-4-5-7-10(9)13-8-11(14)15/h9-10,13H,4-8H2,1-3H3,(H,14,15). The van der Waals surface area contributed by atoms with Gasteiger partial charge in [0.05, 0.1) is 6.54 Å². The summed E-state index contributed by atoms with van der Waals surface area (Å²) in [5, 5.41) is 11.8. The number of hydrogen-bond acceptors (Lipinski definition) is 2. The molecule has 15 heavy (non-hydrogen) atoms. The second-order valence-corrected chi connectivity index (χ2v) is 5.64. The first-order valence-electron chi connectivity index (χ1n) is 5.86. The monoisotopic (exact) mass is 213 g/mol. The van der Waals surface area contributed by atoms with Crippen LogP contribution in [-0.2, 0) is 4.79 Å². The molecule has 0 aliphatic heterocycles. The van der Waals surface area contributed by atoms with Gasteiger partial charge in [-0.05, 0) is 24.2 Å². The van der Waals surface area contributed by atoms with Crippen LogP contribution in [0.5, 0.6) is 0 Å². The molecule has 1 aliphatic carbocycles. The molecular formula is C12H23NO2. The summed E-state index contributed by atoms with van der Waals surface area (Å²) >= 11 is 0. The van der Waals surface area contributed by atoms with Gasteiger partial charge in [-0.2, -0.15) is 0 Å². The first kappa shape index (κ1) is 12.5. The minimum atomic E-state index is -0.756. The first-order valence-corrected chi connectivity index (χ1v) is 5.86. The summed E-state index contributed by atoms with van der Waals surface area (Å²) in [5.74, 6) is -0.154. The Balaban J connectivity index is 2.54. The normalized spacial score (nSPS) is 27.7. The zero-order valence-electron chi connectivity index (χ0n) is 10.0. The molecule has 1 fully saturated rings. The summed E-state index contributed by atoms with van der Waals surface area (Å²) in [7, 11) is 0. The Bertz CT molecular complexity index is 220. The smallest absolute Gasteiger partial charge is 0.317 e. The van der Waals surface area contributed by atoms with E-state index in [0.29, 0.717) is 12.0 Å². The zero-order valence-corrected chi connectivity index (χ0v) is 10.0. The molecule has 3 nitrogen and oxygen atoms in total. The molecule has 2 N–H and O–H groups in total. The molecule has 1 rings (SSSR count). The predicted octanol–water partition coefficient (Wildman–Crippen LogP) is 2.27. The molecular weight excluding hydrogens is 190 g/mol. The van der Waals surface area contributed by atoms with Gasteiger partial charge < -0.3 is 10.4 Å². The molecule has 1 saturated carbocycles. The molecule has 0 spiro atoms. The third-order valence-electron chi connectivity index (χ3n) is 3.39. The Kier molecular flexibility index (Phi) is 4.14. The van der Waals surface area contributed by atoms with Crippen molar-refractivity contribution in [3.8, 4) is 0 Å². The second-order valence-electron chi connectivity index (χ2n) is 5.64. The van der Waals surface area contributed by atoms with Crippen molar-refractivity contribution in [1.82, 2.24) is 5.32 Å². The lowest BCUT2D eigenvalue weighted by molar-refractivity contribution is -0.136. The number of carboxylic acids is 1. The van der Waals surface area contributed by atoms with Crippen LogP contribution in [0.25, 0.3) is 0 Å². The Morgan fingerprint density at radius 3 is 2.47 bits per heavy atom. The van der Waals surface area contributed by atoms with Crippen LogP contribution >= 0.6 is 0 Å². The van der Waals surface area contributed by atoms with Crippen molar-refractivity contribution >= 4 is 5.97 Å². The number of carbonyl (C=O) groups is 1. The molecule has 1 aliphatic rings. The van der Waals surface area contributed by atoms with E-state index in [-0.39, 0.29) is 12.0 Å². The van der Waals surface area contributed by atoms with E-state index in [1.165, 1.54) is 19.3 Å². The number of nitrogens with one attached hydrogen (secondary N) is 1. The highest BCUT2D eigenvalue weighted by molar-refractivity contribution is 5.69. The molecule has 0 saturated heterocycles. The average Bonchev–Trinajstić information content (AvgIpc) is 2.13. The summed E-state index contributed by atoms with van der Waals surface area (Å²) in [5.41, 5.74) is 0.274. The summed E-state index contributed by atoms with van der Waals surface area (Å²) in [6, 6.07) is 0.384. The van der Waals surface area contributed by atoms with Gasteiger partial charge in [-0.15, -0.1) is 0 Å². The average molecular weight is 213 g/mol. The highest BCUT2D eigenvalue weighted by Gasteiger charge is 2.33. The molecule has 3 heteroatoms. The van der Waals surface area contributed by atoms with Gasteiger partial charge in [0.25, 0.3) is 0 Å². The summed E-state index contributed by atoms with van der Waals surface area (Å²) in [6.45, 7) is 6.84. The molecule has 0 heterocycles. The lowest BCUT2D eigenvalue weighted by Crippen LogP contribution is -2.45. The van der Waals surface area contributed by atoms with Crippen molar-refractivity contribution in [2.75, 3.05) is 6.54 Å². The highest BCUT2D eigenvalue weighted by Crippen LogP contribution is 2.37. The van der Waals surface area contributed by atoms with E-state index in [9.17, 15) is 4.79 Å². The number of rotatable bonds is 3. The Hall–Kier alpha value is -0.570. The minimum Gasteiger partial charge on any atom is -0.480 e. The van der Waals surface area contributed by atoms with Crippen molar-refractivity contribution in [3.05, 3.63) is 0 Å². The zero-order chi connectivity index (χ0) is 11.5. The number of carboxylic acid groups (broad SMARTS) is 1. The van der Waals surface area contributed by atoms with Crippen LogP contribution in [0, 0.1) is 11.3 Å². The van der Waals surface area contributed by atoms with Gasteiger partial charge in [-0.3, -0.25) is 4.79 Å². The van der Waals surface area contributed by atoms with Crippen LogP contribution in [0.15, 0.2) is 0 Å². The Morgan fingerprint density at radius 2 is 1.93 bits per heavy atom. The molecule has 0 radical (unpaired) electrons. The van der Waals surface area contributed by atoms with Gasteiger partial charge in [0.2, 0.25) is 0 Å². The predicted molar refractivity (Wildman–Crippen MR) is 60.8 cm³/mol. The molecule has 0 aromatic heterocycles. The van der Waals surface area contributed by atoms with Crippen molar-refractivity contribution in [1.29, 1.82) is 0 Å². The molecule has 0 bridgehead atoms. The van der Waals surface area contributed by atoms with Crippen molar-refractivity contribution in [2.45, 2.75) is 52.5 Å². The number of aliphatic carboxylic acids is 1. The van der Waals surface area contributed by atoms with E-state index >= 15 is 0 Å². The van der Waals surface area contributed by atoms with Gasteiger partial charge in [0.15, 0.2) is 0 Å². The fraction of sp³-hybridized carbons (Fsp3) is 0.917. The topological polar surface area (TPSA) is 49.3 Å². The third kappa shape index (κ3) is 3.82. The van der Waals surface area contributed by atoms with E-state index < -0.39 is 5.97 Å². The maximum absolute atomic E-state index is 10.5. The van der Waals surface area contributed by atoms with E-state index in [1.807, 2.05) is 0 Å². The van der Waals surface area contributed by atoms with Crippen LogP contribution in [0.2, 0.25) is 0 Å². The van der Waals surface area contributed by atoms with Gasteiger partial charge in [-0.25, -0.2) is 0 Å². The van der Waals surface area contributed by atoms with Crippen LogP contribution in [-0.4, -0.2) is 23.7 Å². The second kappa shape index (κ2) is 4.97. The molecule has 88 valence electrons. The fourth-order valence-corrected chi connectivity index (χ4v) is 2.63. The van der Waals surface area contributed by atoms with E-state index in [4.69, 9.17) is 5.11 Å². The van der Waals surface area contributed by atoms with Crippen LogP contribution in [0.1, 0.15) is 46.5 Å². The summed E-state index contributed by atoms with van der Waals surface area (Å²) < 4.78 is 0. The van der Waals surface area contributed by atoms with Crippen molar-refractivity contribution in [2.24, 2.45) is 11.3 Å². The molecule has 0 aromatic rings. The van der Waals surface area contributed by atoms with E-state index in [2.05, 4.69) is 26.1 Å². The minimum absolute atomic E-state index is 0.0945. The molecule has 0 amide bonds. The lowest BCUT2D eigenvalue weighted by Gasteiger charge is -2.40. The molecule has 0 aromatic carbocycles. The Labute approximate surface area is 92.3 Å². The first-order chi connectivity index (χ1) is 6.91. The van der Waals surface area contributed by atoms with Gasteiger partial charge >= 0.3 is 5.97 Å². The van der Waals surface area contributed by atoms with Crippen LogP contribution in [0.4, 0.5) is 0 Å². The van der Waals surface area contributed by atoms with Crippen molar-refractivity contribution in [3.63, 3.8) is 0 Å². The third-order valence-corrected chi connectivity index (χ3v) is 3.39. The van der Waals surface area contributed by atoms with E-state index in [0.717, 1.165) is 6.42 Å². The van der Waals surface area contributed by atoms with Gasteiger partial charge in [0, 0.05) is 6.04 Å². The lowest BCUT2D eigenvalue weighted by atomic mass is 9.69. The number of hydrogen-bond donors (Lipinski definition) is 2. The highest BCUT2D eigenvalue weighted by atomic mass is 16.4. The van der Waals surface area contributed by atoms with Crippen LogP contribution < -0.4 is 5.32 Å². The van der Waals surface area contributed by atoms with E-state index in [1.54, 1.807) is 0 Å². The van der Waals surface area contributed by atoms with Gasteiger partial charge in [-0.1, -0.05) is 33.6 Å². The quantitative estimate of drug-likeness (QED) is 0.756. The summed E-state index contributed by atoms with van der Waals surface area (Å²) in [6.07, 6.45) is 4.85. The SMILES string of the molecule is CC(C)(C)C1CCCCC1NCC(=O)O.